The van der Waals surface area contributed by atoms with Crippen LogP contribution in [0.2, 0.25) is 0 Å². The summed E-state index contributed by atoms with van der Waals surface area (Å²) in [7, 11) is -3.31. The molecule has 0 saturated carbocycles. The first-order valence-corrected chi connectivity index (χ1v) is 7.26. The number of rotatable bonds is 3. The second-order valence-electron chi connectivity index (χ2n) is 3.91. The van der Waals surface area contributed by atoms with E-state index >= 15 is 0 Å². The number of nitrogens with zero attached hydrogens (tertiary/aromatic N) is 1. The van der Waals surface area contributed by atoms with Gasteiger partial charge in [0.25, 0.3) is 0 Å². The molecule has 0 bridgehead atoms. The lowest BCUT2D eigenvalue weighted by Gasteiger charge is -2.38. The van der Waals surface area contributed by atoms with Gasteiger partial charge in [0.05, 0.1) is 4.90 Å². The number of sulfone groups is 1. The summed E-state index contributed by atoms with van der Waals surface area (Å²) in [4.78, 5) is 13.0. The first-order chi connectivity index (χ1) is 8.05. The minimum absolute atomic E-state index is 0.0991. The molecule has 1 amide bonds. The van der Waals surface area contributed by atoms with E-state index in [-0.39, 0.29) is 24.9 Å². The fourth-order valence-electron chi connectivity index (χ4n) is 1.73. The maximum absolute atomic E-state index is 12.1. The molecule has 6 heteroatoms. The van der Waals surface area contributed by atoms with E-state index in [1.54, 1.807) is 30.3 Å². The summed E-state index contributed by atoms with van der Waals surface area (Å²) in [6.45, 7) is 0.478. The molecular weight excluding hydrogens is 262 g/mol. The highest BCUT2D eigenvalue weighted by atomic mass is 35.5. The number of alkyl halides is 1. The Hall–Kier alpha value is -1.07. The number of hydrogen-bond donors (Lipinski definition) is 0. The van der Waals surface area contributed by atoms with Crippen LogP contribution in [-0.2, 0) is 14.6 Å². The number of carbonyl (C=O) groups is 1. The van der Waals surface area contributed by atoms with E-state index in [4.69, 9.17) is 11.6 Å². The first kappa shape index (κ1) is 12.4. The molecule has 1 heterocycles. The van der Waals surface area contributed by atoms with Gasteiger partial charge in [-0.1, -0.05) is 18.2 Å². The highest BCUT2D eigenvalue weighted by Gasteiger charge is 2.39. The minimum atomic E-state index is -3.31. The van der Waals surface area contributed by atoms with Crippen molar-refractivity contribution in [3.63, 3.8) is 0 Å². The van der Waals surface area contributed by atoms with Crippen LogP contribution in [0, 0.1) is 0 Å². The Balaban J connectivity index is 2.09. The number of hydrogen-bond acceptors (Lipinski definition) is 3. The maximum Gasteiger partial charge on any atom is 0.237 e. The van der Waals surface area contributed by atoms with Crippen molar-refractivity contribution >= 4 is 27.3 Å². The number of likely N-dealkylation sites (tertiary alicyclic amines) is 1. The van der Waals surface area contributed by atoms with E-state index in [0.29, 0.717) is 4.90 Å². The molecule has 0 spiro atoms. The van der Waals surface area contributed by atoms with Gasteiger partial charge < -0.3 is 4.90 Å². The van der Waals surface area contributed by atoms with Gasteiger partial charge in [-0.05, 0) is 12.1 Å². The van der Waals surface area contributed by atoms with Crippen LogP contribution >= 0.6 is 11.6 Å². The van der Waals surface area contributed by atoms with Crippen molar-refractivity contribution in [2.45, 2.75) is 10.1 Å². The fourth-order valence-corrected chi connectivity index (χ4v) is 3.57. The van der Waals surface area contributed by atoms with Crippen molar-refractivity contribution < 1.29 is 13.2 Å². The molecule has 0 aliphatic carbocycles. The number of halogens is 1. The molecule has 2 rings (SSSR count). The fraction of sp³-hybridized carbons (Fsp3) is 0.364. The van der Waals surface area contributed by atoms with E-state index in [2.05, 4.69) is 0 Å². The Kier molecular flexibility index (Phi) is 3.40. The zero-order valence-electron chi connectivity index (χ0n) is 9.04. The van der Waals surface area contributed by atoms with Crippen LogP contribution in [0.1, 0.15) is 0 Å². The number of carbonyl (C=O) groups excluding carboxylic acids is 1. The molecule has 0 radical (unpaired) electrons. The molecule has 1 aliphatic heterocycles. The van der Waals surface area contributed by atoms with Gasteiger partial charge in [-0.3, -0.25) is 4.79 Å². The van der Waals surface area contributed by atoms with Crippen LogP contribution in [0.4, 0.5) is 0 Å². The van der Waals surface area contributed by atoms with Gasteiger partial charge in [0.1, 0.15) is 11.1 Å². The molecule has 0 aromatic heterocycles. The standard InChI is InChI=1S/C11H12ClNO3S/c12-6-11(14)13-7-10(8-13)17(15,16)9-4-2-1-3-5-9/h1-5,10H,6-8H2. The largest absolute Gasteiger partial charge is 0.339 e. The topological polar surface area (TPSA) is 54.5 Å². The Morgan fingerprint density at radius 1 is 1.29 bits per heavy atom. The van der Waals surface area contributed by atoms with Crippen molar-refractivity contribution in [2.75, 3.05) is 19.0 Å². The lowest BCUT2D eigenvalue weighted by Crippen LogP contribution is -2.57. The highest BCUT2D eigenvalue weighted by molar-refractivity contribution is 7.92. The molecule has 1 aromatic carbocycles. The molecule has 0 unspecified atom stereocenters. The second kappa shape index (κ2) is 4.66. The van der Waals surface area contributed by atoms with Crippen LogP contribution < -0.4 is 0 Å². The Bertz CT molecular complexity index is 509. The molecule has 4 nitrogen and oxygen atoms in total. The molecule has 1 saturated heterocycles. The highest BCUT2D eigenvalue weighted by Crippen LogP contribution is 2.23. The number of amides is 1. The normalized spacial score (nSPS) is 16.6. The van der Waals surface area contributed by atoms with Gasteiger partial charge in [-0.25, -0.2) is 8.42 Å². The monoisotopic (exact) mass is 273 g/mol. The van der Waals surface area contributed by atoms with Crippen molar-refractivity contribution in [1.82, 2.24) is 4.90 Å². The van der Waals surface area contributed by atoms with Crippen LogP contribution in [-0.4, -0.2) is 43.4 Å². The van der Waals surface area contributed by atoms with Crippen LogP contribution in [0.15, 0.2) is 35.2 Å². The molecule has 1 aromatic rings. The molecule has 0 N–H and O–H groups in total. The Morgan fingerprint density at radius 3 is 2.41 bits per heavy atom. The maximum atomic E-state index is 12.1. The third kappa shape index (κ3) is 2.30. The summed E-state index contributed by atoms with van der Waals surface area (Å²) < 4.78 is 24.2. The Morgan fingerprint density at radius 2 is 1.88 bits per heavy atom. The summed E-state index contributed by atoms with van der Waals surface area (Å²) in [6.07, 6.45) is 0. The predicted molar refractivity (Wildman–Crippen MR) is 64.7 cm³/mol. The van der Waals surface area contributed by atoms with Crippen LogP contribution in [0.25, 0.3) is 0 Å². The lowest BCUT2D eigenvalue weighted by molar-refractivity contribution is -0.131. The van der Waals surface area contributed by atoms with Gasteiger partial charge in [0.2, 0.25) is 5.91 Å². The van der Waals surface area contributed by atoms with Crippen molar-refractivity contribution in [3.8, 4) is 0 Å². The quantitative estimate of drug-likeness (QED) is 0.769. The predicted octanol–water partition coefficient (Wildman–Crippen LogP) is 0.910. The number of benzene rings is 1. The first-order valence-electron chi connectivity index (χ1n) is 5.18. The van der Waals surface area contributed by atoms with Crippen molar-refractivity contribution in [3.05, 3.63) is 30.3 Å². The average Bonchev–Trinajstić information content (AvgIpc) is 2.27. The molecule has 92 valence electrons. The van der Waals surface area contributed by atoms with Crippen molar-refractivity contribution in [1.29, 1.82) is 0 Å². The molecule has 17 heavy (non-hydrogen) atoms. The summed E-state index contributed by atoms with van der Waals surface area (Å²) in [5.41, 5.74) is 0. The summed E-state index contributed by atoms with van der Waals surface area (Å²) in [5, 5.41) is -0.503. The molecule has 1 aliphatic rings. The van der Waals surface area contributed by atoms with Crippen LogP contribution in [0.3, 0.4) is 0 Å². The van der Waals surface area contributed by atoms with Gasteiger partial charge in [0, 0.05) is 13.1 Å². The smallest absolute Gasteiger partial charge is 0.237 e. The Labute approximate surface area is 105 Å². The van der Waals surface area contributed by atoms with Gasteiger partial charge >= 0.3 is 0 Å². The summed E-state index contributed by atoms with van der Waals surface area (Å²) in [5.74, 6) is -0.316. The van der Waals surface area contributed by atoms with Crippen LogP contribution in [0.5, 0.6) is 0 Å². The zero-order chi connectivity index (χ0) is 12.5. The van der Waals surface area contributed by atoms with E-state index in [1.165, 1.54) is 4.90 Å². The SMILES string of the molecule is O=C(CCl)N1CC(S(=O)(=O)c2ccccc2)C1. The lowest BCUT2D eigenvalue weighted by atomic mass is 10.2. The third-order valence-electron chi connectivity index (χ3n) is 2.83. The zero-order valence-corrected chi connectivity index (χ0v) is 10.6. The average molecular weight is 274 g/mol. The molecule has 0 atom stereocenters. The van der Waals surface area contributed by atoms with E-state index in [1.807, 2.05) is 0 Å². The minimum Gasteiger partial charge on any atom is -0.339 e. The van der Waals surface area contributed by atoms with Gasteiger partial charge in [-0.15, -0.1) is 11.6 Å². The van der Waals surface area contributed by atoms with E-state index < -0.39 is 15.1 Å². The molecular formula is C11H12ClNO3S. The second-order valence-corrected chi connectivity index (χ2v) is 6.41. The summed E-state index contributed by atoms with van der Waals surface area (Å²) >= 11 is 5.40. The van der Waals surface area contributed by atoms with Gasteiger partial charge in [0.15, 0.2) is 9.84 Å². The van der Waals surface area contributed by atoms with Gasteiger partial charge in [-0.2, -0.15) is 0 Å². The van der Waals surface area contributed by atoms with E-state index in [0.717, 1.165) is 0 Å². The van der Waals surface area contributed by atoms with E-state index in [9.17, 15) is 13.2 Å². The summed E-state index contributed by atoms with van der Waals surface area (Å²) in [6, 6.07) is 8.28. The van der Waals surface area contributed by atoms with Crippen molar-refractivity contribution in [2.24, 2.45) is 0 Å². The third-order valence-corrected chi connectivity index (χ3v) is 5.16. The molecule has 1 fully saturated rings.